The average molecular weight is 264 g/mol. The van der Waals surface area contributed by atoms with Crippen molar-refractivity contribution in [1.29, 1.82) is 0 Å². The van der Waals surface area contributed by atoms with E-state index in [2.05, 4.69) is 20.8 Å². The Morgan fingerprint density at radius 3 is 1.39 bits per heavy atom. The predicted octanol–water partition coefficient (Wildman–Crippen LogP) is 3.85. The van der Waals surface area contributed by atoms with Crippen LogP contribution in [0.2, 0.25) is 0 Å². The smallest absolute Gasteiger partial charge is 1.00 e. The van der Waals surface area contributed by atoms with Crippen LogP contribution in [0.15, 0.2) is 0 Å². The van der Waals surface area contributed by atoms with Crippen LogP contribution in [0.4, 0.5) is 0 Å². The second kappa shape index (κ2) is 18.0. The van der Waals surface area contributed by atoms with E-state index < -0.39 is 0 Å². The Morgan fingerprint density at radius 2 is 0.944 bits per heavy atom. The number of hydrogen-bond acceptors (Lipinski definition) is 0. The van der Waals surface area contributed by atoms with Gasteiger partial charge in [-0.25, -0.2) is 0 Å². The molecule has 0 heterocycles. The molecule has 18 heavy (non-hydrogen) atoms. The summed E-state index contributed by atoms with van der Waals surface area (Å²) >= 11 is 0. The monoisotopic (exact) mass is 264 g/mol. The second-order valence-electron chi connectivity index (χ2n) is 5.86. The standard InChI is InChI=1S/C17H36.Na.H/c1-4-6-8-10-11-12-14-16-17(3)15-13-9-7-5-2;;/h17H,4-16H2,1-3H3;;/q;+1;-1. The second-order valence-corrected chi connectivity index (χ2v) is 5.86. The Hall–Kier alpha value is 1.00. The van der Waals surface area contributed by atoms with Crippen molar-refractivity contribution in [3.05, 3.63) is 0 Å². The minimum Gasteiger partial charge on any atom is -1.00 e. The van der Waals surface area contributed by atoms with Crippen LogP contribution in [0.1, 0.15) is 106 Å². The van der Waals surface area contributed by atoms with Gasteiger partial charge in [0.25, 0.3) is 0 Å². The third-order valence-electron chi connectivity index (χ3n) is 3.85. The molecular formula is C17H37Na. The molecule has 0 rings (SSSR count). The molecule has 1 unspecified atom stereocenters. The fraction of sp³-hybridized carbons (Fsp3) is 1.00. The maximum Gasteiger partial charge on any atom is 1.00 e. The molecule has 0 aromatic rings. The van der Waals surface area contributed by atoms with Crippen LogP contribution in [0, 0.1) is 5.92 Å². The third-order valence-corrected chi connectivity index (χ3v) is 3.85. The molecule has 0 spiro atoms. The first-order valence-corrected chi connectivity index (χ1v) is 8.31. The van der Waals surface area contributed by atoms with Gasteiger partial charge in [0.05, 0.1) is 0 Å². The fourth-order valence-corrected chi connectivity index (χ4v) is 2.51. The van der Waals surface area contributed by atoms with Gasteiger partial charge in [0.1, 0.15) is 0 Å². The summed E-state index contributed by atoms with van der Waals surface area (Å²) < 4.78 is 0. The quantitative estimate of drug-likeness (QED) is 0.350. The summed E-state index contributed by atoms with van der Waals surface area (Å²) in [6.45, 7) is 7.03. The molecule has 0 saturated carbocycles. The Morgan fingerprint density at radius 1 is 0.611 bits per heavy atom. The van der Waals surface area contributed by atoms with Crippen molar-refractivity contribution in [2.45, 2.75) is 104 Å². The van der Waals surface area contributed by atoms with Gasteiger partial charge in [-0.15, -0.1) is 0 Å². The van der Waals surface area contributed by atoms with Crippen LogP contribution >= 0.6 is 0 Å². The maximum absolute atomic E-state index is 2.45. The van der Waals surface area contributed by atoms with Crippen LogP contribution in [0.3, 0.4) is 0 Å². The van der Waals surface area contributed by atoms with E-state index in [1.54, 1.807) is 0 Å². The van der Waals surface area contributed by atoms with Crippen molar-refractivity contribution in [3.8, 4) is 0 Å². The summed E-state index contributed by atoms with van der Waals surface area (Å²) in [5.41, 5.74) is 0. The van der Waals surface area contributed by atoms with E-state index in [9.17, 15) is 0 Å². The van der Waals surface area contributed by atoms with E-state index in [-0.39, 0.29) is 31.0 Å². The molecule has 0 radical (unpaired) electrons. The van der Waals surface area contributed by atoms with E-state index in [1.807, 2.05) is 0 Å². The fourth-order valence-electron chi connectivity index (χ4n) is 2.51. The van der Waals surface area contributed by atoms with E-state index in [0.717, 1.165) is 5.92 Å². The van der Waals surface area contributed by atoms with E-state index in [4.69, 9.17) is 0 Å². The van der Waals surface area contributed by atoms with Crippen LogP contribution in [0.5, 0.6) is 0 Å². The number of hydrogen-bond donors (Lipinski definition) is 0. The van der Waals surface area contributed by atoms with Crippen molar-refractivity contribution in [3.63, 3.8) is 0 Å². The molecule has 0 aliphatic carbocycles. The Balaban J connectivity index is -0.00000128. The first kappa shape index (κ1) is 21.3. The molecule has 0 nitrogen and oxygen atoms in total. The SMILES string of the molecule is CCCCCCCCCC(C)CCCCCC.[H-].[Na+]. The largest absolute Gasteiger partial charge is 1.00 e. The minimum atomic E-state index is 0. The van der Waals surface area contributed by atoms with Crippen LogP contribution in [-0.4, -0.2) is 0 Å². The molecule has 0 aliphatic rings. The van der Waals surface area contributed by atoms with E-state index in [1.165, 1.54) is 83.5 Å². The Kier molecular flexibility index (Phi) is 21.3. The number of rotatable bonds is 13. The van der Waals surface area contributed by atoms with Gasteiger partial charge < -0.3 is 1.43 Å². The Bertz CT molecular complexity index is 139. The molecule has 106 valence electrons. The van der Waals surface area contributed by atoms with Crippen molar-refractivity contribution < 1.29 is 31.0 Å². The predicted molar refractivity (Wildman–Crippen MR) is 81.6 cm³/mol. The van der Waals surface area contributed by atoms with Crippen LogP contribution in [-0.2, 0) is 0 Å². The van der Waals surface area contributed by atoms with Gasteiger partial charge in [0.2, 0.25) is 0 Å². The van der Waals surface area contributed by atoms with Crippen LogP contribution < -0.4 is 29.6 Å². The zero-order chi connectivity index (χ0) is 12.8. The summed E-state index contributed by atoms with van der Waals surface area (Å²) in [5.74, 6) is 0.975. The molecule has 0 saturated heterocycles. The van der Waals surface area contributed by atoms with Gasteiger partial charge in [-0.1, -0.05) is 104 Å². The average Bonchev–Trinajstić information content (AvgIpc) is 2.33. The Labute approximate surface area is 140 Å². The maximum atomic E-state index is 2.45. The summed E-state index contributed by atoms with van der Waals surface area (Å²) in [6, 6.07) is 0. The summed E-state index contributed by atoms with van der Waals surface area (Å²) in [4.78, 5) is 0. The van der Waals surface area contributed by atoms with Gasteiger partial charge in [0.15, 0.2) is 0 Å². The van der Waals surface area contributed by atoms with Crippen molar-refractivity contribution >= 4 is 0 Å². The topological polar surface area (TPSA) is 0 Å². The molecule has 0 fully saturated rings. The van der Waals surface area contributed by atoms with Crippen molar-refractivity contribution in [2.24, 2.45) is 5.92 Å². The molecule has 1 atom stereocenters. The molecule has 0 aromatic heterocycles. The minimum absolute atomic E-state index is 0. The first-order chi connectivity index (χ1) is 8.31. The summed E-state index contributed by atoms with van der Waals surface area (Å²) in [7, 11) is 0. The van der Waals surface area contributed by atoms with E-state index >= 15 is 0 Å². The zero-order valence-electron chi connectivity index (χ0n) is 14.8. The first-order valence-electron chi connectivity index (χ1n) is 8.31. The molecule has 1 heteroatoms. The summed E-state index contributed by atoms with van der Waals surface area (Å²) in [5, 5.41) is 0. The summed E-state index contributed by atoms with van der Waals surface area (Å²) in [6.07, 6.45) is 18.8. The van der Waals surface area contributed by atoms with Crippen molar-refractivity contribution in [1.82, 2.24) is 0 Å². The van der Waals surface area contributed by atoms with Gasteiger partial charge in [-0.2, -0.15) is 0 Å². The molecule has 0 bridgehead atoms. The van der Waals surface area contributed by atoms with Gasteiger partial charge in [-0.3, -0.25) is 0 Å². The number of unbranched alkanes of at least 4 members (excludes halogenated alkanes) is 9. The van der Waals surface area contributed by atoms with Crippen molar-refractivity contribution in [2.75, 3.05) is 0 Å². The molecular weight excluding hydrogens is 227 g/mol. The zero-order valence-corrected chi connectivity index (χ0v) is 15.8. The van der Waals surface area contributed by atoms with Gasteiger partial charge >= 0.3 is 29.6 Å². The van der Waals surface area contributed by atoms with Gasteiger partial charge in [0, 0.05) is 0 Å². The molecule has 0 N–H and O–H groups in total. The normalized spacial score (nSPS) is 12.2. The van der Waals surface area contributed by atoms with E-state index in [0.29, 0.717) is 0 Å². The molecule has 0 aromatic carbocycles. The van der Waals surface area contributed by atoms with Crippen LogP contribution in [0.25, 0.3) is 0 Å². The van der Waals surface area contributed by atoms with Gasteiger partial charge in [-0.05, 0) is 5.92 Å². The third kappa shape index (κ3) is 17.0. The molecule has 0 aliphatic heterocycles. The molecule has 0 amide bonds.